The van der Waals surface area contributed by atoms with Crippen molar-refractivity contribution < 1.29 is 4.79 Å². The second kappa shape index (κ2) is 3.59. The van der Waals surface area contributed by atoms with Gasteiger partial charge in [0.2, 0.25) is 0 Å². The zero-order chi connectivity index (χ0) is 11.9. The topological polar surface area (TPSA) is 52.7 Å². The molecule has 0 atom stereocenters. The Morgan fingerprint density at radius 2 is 1.94 bits per heavy atom. The van der Waals surface area contributed by atoms with Crippen LogP contribution in [0.25, 0.3) is 5.82 Å². The molecule has 5 heteroatoms. The summed E-state index contributed by atoms with van der Waals surface area (Å²) in [6.45, 7) is 5.93. The zero-order valence-electron chi connectivity index (χ0n) is 9.85. The van der Waals surface area contributed by atoms with Gasteiger partial charge in [-0.1, -0.05) is 0 Å². The molecule has 0 saturated carbocycles. The molecule has 2 heterocycles. The van der Waals surface area contributed by atoms with E-state index in [1.54, 1.807) is 22.6 Å². The lowest BCUT2D eigenvalue weighted by atomic mass is 10.2. The maximum absolute atomic E-state index is 10.9. The van der Waals surface area contributed by atoms with E-state index in [1.807, 2.05) is 20.8 Å². The fraction of sp³-hybridized carbons (Fsp3) is 0.364. The van der Waals surface area contributed by atoms with Crippen LogP contribution in [0.1, 0.15) is 27.3 Å². The highest BCUT2D eigenvalue weighted by atomic mass is 16.1. The van der Waals surface area contributed by atoms with Crippen LogP contribution in [0, 0.1) is 20.8 Å². The van der Waals surface area contributed by atoms with Gasteiger partial charge >= 0.3 is 0 Å². The number of nitrogens with zero attached hydrogens (tertiary/aromatic N) is 4. The van der Waals surface area contributed by atoms with Crippen LogP contribution in [0.15, 0.2) is 6.20 Å². The van der Waals surface area contributed by atoms with Crippen LogP contribution >= 0.6 is 0 Å². The van der Waals surface area contributed by atoms with Crippen molar-refractivity contribution in [1.82, 2.24) is 19.6 Å². The van der Waals surface area contributed by atoms with E-state index in [-0.39, 0.29) is 0 Å². The highest BCUT2D eigenvalue weighted by molar-refractivity contribution is 5.79. The molecule has 16 heavy (non-hydrogen) atoms. The smallest absolute Gasteiger partial charge is 0.185 e. The number of rotatable bonds is 2. The Balaban J connectivity index is 2.66. The van der Waals surface area contributed by atoms with Gasteiger partial charge in [-0.2, -0.15) is 10.2 Å². The van der Waals surface area contributed by atoms with Crippen LogP contribution in [0.2, 0.25) is 0 Å². The molecule has 0 saturated heterocycles. The molecule has 0 aliphatic heterocycles. The molecule has 0 aromatic carbocycles. The molecular formula is C11H14N4O. The third-order valence-corrected chi connectivity index (χ3v) is 2.82. The SMILES string of the molecule is Cc1nn(-c2nn(C)cc2C=O)c(C)c1C. The van der Waals surface area contributed by atoms with E-state index < -0.39 is 0 Å². The number of aldehydes is 1. The monoisotopic (exact) mass is 218 g/mol. The van der Waals surface area contributed by atoms with Gasteiger partial charge in [0.1, 0.15) is 0 Å². The molecular weight excluding hydrogens is 204 g/mol. The van der Waals surface area contributed by atoms with Gasteiger partial charge < -0.3 is 0 Å². The van der Waals surface area contributed by atoms with Gasteiger partial charge in [-0.25, -0.2) is 4.68 Å². The molecule has 2 rings (SSSR count). The maximum atomic E-state index is 10.9. The van der Waals surface area contributed by atoms with Crippen LogP contribution in [0.4, 0.5) is 0 Å². The van der Waals surface area contributed by atoms with Crippen LogP contribution in [0.5, 0.6) is 0 Å². The number of hydrogen-bond donors (Lipinski definition) is 0. The first kappa shape index (κ1) is 10.6. The third-order valence-electron chi connectivity index (χ3n) is 2.82. The van der Waals surface area contributed by atoms with Crippen molar-refractivity contribution in [2.75, 3.05) is 0 Å². The van der Waals surface area contributed by atoms with Crippen LogP contribution in [-0.2, 0) is 7.05 Å². The molecule has 2 aromatic heterocycles. The average Bonchev–Trinajstić information content (AvgIpc) is 2.74. The van der Waals surface area contributed by atoms with Gasteiger partial charge in [0.15, 0.2) is 12.1 Å². The predicted octanol–water partition coefficient (Wildman–Crippen LogP) is 1.34. The van der Waals surface area contributed by atoms with E-state index in [4.69, 9.17) is 0 Å². The van der Waals surface area contributed by atoms with E-state index in [9.17, 15) is 4.79 Å². The van der Waals surface area contributed by atoms with Crippen LogP contribution < -0.4 is 0 Å². The molecule has 0 bridgehead atoms. The van der Waals surface area contributed by atoms with Crippen LogP contribution in [-0.4, -0.2) is 25.8 Å². The highest BCUT2D eigenvalue weighted by Gasteiger charge is 2.15. The average molecular weight is 218 g/mol. The van der Waals surface area contributed by atoms with Crippen molar-refractivity contribution in [3.8, 4) is 5.82 Å². The van der Waals surface area contributed by atoms with Gasteiger partial charge in [-0.05, 0) is 26.3 Å². The Bertz CT molecular complexity index is 551. The largest absolute Gasteiger partial charge is 0.298 e. The fourth-order valence-corrected chi connectivity index (χ4v) is 1.67. The number of aryl methyl sites for hydroxylation is 2. The lowest BCUT2D eigenvalue weighted by molar-refractivity contribution is 0.112. The van der Waals surface area contributed by atoms with Gasteiger partial charge in [0, 0.05) is 18.9 Å². The van der Waals surface area contributed by atoms with E-state index in [0.29, 0.717) is 11.4 Å². The highest BCUT2D eigenvalue weighted by Crippen LogP contribution is 2.17. The lowest BCUT2D eigenvalue weighted by Gasteiger charge is -2.00. The second-order valence-electron chi connectivity index (χ2n) is 3.91. The Hall–Kier alpha value is -1.91. The van der Waals surface area contributed by atoms with E-state index in [0.717, 1.165) is 23.2 Å². The molecule has 0 aliphatic rings. The minimum atomic E-state index is 0.549. The summed E-state index contributed by atoms with van der Waals surface area (Å²) in [5.74, 6) is 0.589. The maximum Gasteiger partial charge on any atom is 0.185 e. The molecule has 0 N–H and O–H groups in total. The van der Waals surface area contributed by atoms with Gasteiger partial charge in [0.25, 0.3) is 0 Å². The summed E-state index contributed by atoms with van der Waals surface area (Å²) in [5, 5.41) is 8.64. The first-order valence-corrected chi connectivity index (χ1v) is 5.06. The fourth-order valence-electron chi connectivity index (χ4n) is 1.67. The summed E-state index contributed by atoms with van der Waals surface area (Å²) in [6, 6.07) is 0. The number of carbonyl (C=O) groups is 1. The molecule has 84 valence electrons. The van der Waals surface area contributed by atoms with Crippen molar-refractivity contribution >= 4 is 6.29 Å². The minimum absolute atomic E-state index is 0.549. The summed E-state index contributed by atoms with van der Waals surface area (Å²) in [5.41, 5.74) is 3.65. The normalized spacial score (nSPS) is 10.8. The van der Waals surface area contributed by atoms with E-state index in [1.165, 1.54) is 0 Å². The predicted molar refractivity (Wildman–Crippen MR) is 59.9 cm³/mol. The van der Waals surface area contributed by atoms with Crippen molar-refractivity contribution in [1.29, 1.82) is 0 Å². The third kappa shape index (κ3) is 1.44. The Labute approximate surface area is 93.7 Å². The van der Waals surface area contributed by atoms with Gasteiger partial charge in [-0.3, -0.25) is 9.48 Å². The molecule has 0 aliphatic carbocycles. The Morgan fingerprint density at radius 3 is 2.44 bits per heavy atom. The summed E-state index contributed by atoms with van der Waals surface area (Å²) >= 11 is 0. The minimum Gasteiger partial charge on any atom is -0.298 e. The van der Waals surface area contributed by atoms with E-state index in [2.05, 4.69) is 10.2 Å². The van der Waals surface area contributed by atoms with Gasteiger partial charge in [-0.15, -0.1) is 0 Å². The first-order valence-electron chi connectivity index (χ1n) is 5.06. The molecule has 0 spiro atoms. The summed E-state index contributed by atoms with van der Waals surface area (Å²) in [4.78, 5) is 10.9. The quantitative estimate of drug-likeness (QED) is 0.715. The second-order valence-corrected chi connectivity index (χ2v) is 3.91. The Morgan fingerprint density at radius 1 is 1.25 bits per heavy atom. The van der Waals surface area contributed by atoms with Crippen molar-refractivity contribution in [3.05, 3.63) is 28.7 Å². The molecule has 0 amide bonds. The van der Waals surface area contributed by atoms with Crippen molar-refractivity contribution in [2.45, 2.75) is 20.8 Å². The lowest BCUT2D eigenvalue weighted by Crippen LogP contribution is -2.03. The Kier molecular flexibility index (Phi) is 2.38. The summed E-state index contributed by atoms with van der Waals surface area (Å²) < 4.78 is 3.33. The first-order chi connectivity index (χ1) is 7.54. The zero-order valence-corrected chi connectivity index (χ0v) is 9.85. The molecule has 0 radical (unpaired) electrons. The molecule has 5 nitrogen and oxygen atoms in total. The summed E-state index contributed by atoms with van der Waals surface area (Å²) in [7, 11) is 1.79. The van der Waals surface area contributed by atoms with Crippen molar-refractivity contribution in [2.24, 2.45) is 7.05 Å². The molecule has 0 unspecified atom stereocenters. The molecule has 0 fully saturated rings. The van der Waals surface area contributed by atoms with Gasteiger partial charge in [0.05, 0.1) is 11.3 Å². The standard InChI is InChI=1S/C11H14N4O/c1-7-8(2)12-15(9(7)3)11-10(6-16)5-14(4)13-11/h5-6H,1-4H3. The molecule has 2 aromatic rings. The number of carbonyl (C=O) groups excluding carboxylic acids is 1. The number of hydrogen-bond acceptors (Lipinski definition) is 3. The van der Waals surface area contributed by atoms with E-state index >= 15 is 0 Å². The van der Waals surface area contributed by atoms with Crippen LogP contribution in [0.3, 0.4) is 0 Å². The number of aromatic nitrogens is 4. The summed E-state index contributed by atoms with van der Waals surface area (Å²) in [6.07, 6.45) is 2.49. The van der Waals surface area contributed by atoms with Crippen molar-refractivity contribution in [3.63, 3.8) is 0 Å².